The van der Waals surface area contributed by atoms with E-state index in [4.69, 9.17) is 4.74 Å². The summed E-state index contributed by atoms with van der Waals surface area (Å²) >= 11 is 0. The van der Waals surface area contributed by atoms with E-state index in [9.17, 15) is 8.42 Å². The number of benzene rings is 1. The van der Waals surface area contributed by atoms with Crippen LogP contribution >= 0.6 is 12.4 Å². The van der Waals surface area contributed by atoms with Crippen molar-refractivity contribution in [1.29, 1.82) is 0 Å². The number of aryl methyl sites for hydroxylation is 2. The van der Waals surface area contributed by atoms with Crippen molar-refractivity contribution in [3.05, 3.63) is 23.3 Å². The molecule has 3 rings (SSSR count). The van der Waals surface area contributed by atoms with Crippen LogP contribution in [0.3, 0.4) is 0 Å². The second kappa shape index (κ2) is 7.20. The first-order valence-electron chi connectivity index (χ1n) is 8.22. The lowest BCUT2D eigenvalue weighted by Crippen LogP contribution is -2.48. The maximum atomic E-state index is 13.2. The van der Waals surface area contributed by atoms with Gasteiger partial charge in [-0.3, -0.25) is 0 Å². The van der Waals surface area contributed by atoms with E-state index in [2.05, 4.69) is 5.32 Å². The van der Waals surface area contributed by atoms with Gasteiger partial charge in [0.2, 0.25) is 10.0 Å². The van der Waals surface area contributed by atoms with Gasteiger partial charge in [0.25, 0.3) is 0 Å². The smallest absolute Gasteiger partial charge is 0.246 e. The molecule has 2 aliphatic rings. The van der Waals surface area contributed by atoms with Gasteiger partial charge in [-0.15, -0.1) is 12.4 Å². The second-order valence-electron chi connectivity index (χ2n) is 6.90. The monoisotopic (exact) mass is 374 g/mol. The van der Waals surface area contributed by atoms with Gasteiger partial charge >= 0.3 is 0 Å². The summed E-state index contributed by atoms with van der Waals surface area (Å²) in [5.41, 5.74) is 1.78. The number of nitrogens with zero attached hydrogens (tertiary/aromatic N) is 1. The molecule has 1 N–H and O–H groups in total. The first-order valence-corrected chi connectivity index (χ1v) is 9.66. The van der Waals surface area contributed by atoms with Gasteiger partial charge in [-0.2, -0.15) is 4.31 Å². The molecule has 0 amide bonds. The summed E-state index contributed by atoms with van der Waals surface area (Å²) in [5.74, 6) is 0.458. The van der Waals surface area contributed by atoms with E-state index in [1.807, 2.05) is 19.9 Å². The maximum absolute atomic E-state index is 13.2. The Morgan fingerprint density at radius 2 is 1.75 bits per heavy atom. The third-order valence-electron chi connectivity index (χ3n) is 5.21. The fraction of sp³-hybridized carbons (Fsp3) is 0.647. The number of rotatable bonds is 4. The third kappa shape index (κ3) is 3.43. The summed E-state index contributed by atoms with van der Waals surface area (Å²) in [7, 11) is -0.325. The minimum absolute atomic E-state index is 0. The van der Waals surface area contributed by atoms with E-state index in [1.165, 1.54) is 7.11 Å². The summed E-state index contributed by atoms with van der Waals surface area (Å²) < 4.78 is 33.3. The molecule has 136 valence electrons. The molecule has 7 heteroatoms. The highest BCUT2D eigenvalue weighted by atomic mass is 35.5. The minimum atomic E-state index is -3.56. The van der Waals surface area contributed by atoms with Gasteiger partial charge in [-0.25, -0.2) is 8.42 Å². The van der Waals surface area contributed by atoms with Crippen molar-refractivity contribution < 1.29 is 13.2 Å². The van der Waals surface area contributed by atoms with Crippen molar-refractivity contribution in [3.63, 3.8) is 0 Å². The molecular formula is C17H27ClN2O3S. The number of fused-ring (bicyclic) bond motifs is 2. The number of hydrogen-bond donors (Lipinski definition) is 1. The number of methoxy groups -OCH3 is 1. The molecule has 2 fully saturated rings. The Morgan fingerprint density at radius 3 is 2.29 bits per heavy atom. The number of ether oxygens (including phenoxy) is 1. The molecule has 0 aliphatic carbocycles. The lowest BCUT2D eigenvalue weighted by Gasteiger charge is -2.35. The summed E-state index contributed by atoms with van der Waals surface area (Å²) in [6.07, 6.45) is 4.09. The van der Waals surface area contributed by atoms with Gasteiger partial charge in [0.1, 0.15) is 10.6 Å². The number of halogens is 1. The van der Waals surface area contributed by atoms with Crippen LogP contribution in [0.5, 0.6) is 5.75 Å². The molecule has 2 atom stereocenters. The molecule has 1 aromatic rings. The molecule has 0 saturated carbocycles. The van der Waals surface area contributed by atoms with E-state index in [0.29, 0.717) is 17.8 Å². The molecule has 24 heavy (non-hydrogen) atoms. The van der Waals surface area contributed by atoms with E-state index in [0.717, 1.165) is 36.8 Å². The lowest BCUT2D eigenvalue weighted by molar-refractivity contribution is 0.251. The molecule has 5 nitrogen and oxygen atoms in total. The summed E-state index contributed by atoms with van der Waals surface area (Å²) in [4.78, 5) is 0.283. The highest BCUT2D eigenvalue weighted by Gasteiger charge is 2.39. The van der Waals surface area contributed by atoms with Crippen molar-refractivity contribution in [2.45, 2.75) is 62.6 Å². The van der Waals surface area contributed by atoms with E-state index < -0.39 is 10.0 Å². The largest absolute Gasteiger partial charge is 0.495 e. The topological polar surface area (TPSA) is 58.6 Å². The molecule has 0 radical (unpaired) electrons. The Balaban J connectivity index is 0.00000208. The molecule has 1 aromatic carbocycles. The van der Waals surface area contributed by atoms with Crippen LogP contribution in [-0.2, 0) is 10.0 Å². The third-order valence-corrected chi connectivity index (χ3v) is 7.12. The van der Waals surface area contributed by atoms with Crippen molar-refractivity contribution in [2.75, 3.05) is 14.2 Å². The zero-order valence-electron chi connectivity index (χ0n) is 14.7. The van der Waals surface area contributed by atoms with Crippen LogP contribution in [0.15, 0.2) is 17.0 Å². The van der Waals surface area contributed by atoms with Gasteiger partial charge in [0, 0.05) is 25.2 Å². The van der Waals surface area contributed by atoms with Crippen molar-refractivity contribution >= 4 is 22.4 Å². The zero-order valence-corrected chi connectivity index (χ0v) is 16.3. The van der Waals surface area contributed by atoms with Gasteiger partial charge in [0.15, 0.2) is 0 Å². The Hall–Kier alpha value is -0.820. The number of nitrogens with one attached hydrogen (secondary N) is 1. The van der Waals surface area contributed by atoms with Crippen LogP contribution in [0.4, 0.5) is 0 Å². The van der Waals surface area contributed by atoms with Crippen molar-refractivity contribution in [2.24, 2.45) is 0 Å². The predicted molar refractivity (Wildman–Crippen MR) is 97.6 cm³/mol. The zero-order chi connectivity index (χ0) is 16.8. The summed E-state index contributed by atoms with van der Waals surface area (Å²) in [6, 6.07) is 4.63. The first kappa shape index (κ1) is 19.5. The molecule has 2 unspecified atom stereocenters. The highest BCUT2D eigenvalue weighted by Crippen LogP contribution is 2.35. The Morgan fingerprint density at radius 1 is 1.17 bits per heavy atom. The average Bonchev–Trinajstić information content (AvgIpc) is 2.84. The van der Waals surface area contributed by atoms with Crippen LogP contribution < -0.4 is 10.1 Å². The Bertz CT molecular complexity index is 696. The molecule has 2 saturated heterocycles. The first-order chi connectivity index (χ1) is 10.8. The fourth-order valence-electron chi connectivity index (χ4n) is 4.04. The van der Waals surface area contributed by atoms with Gasteiger partial charge in [-0.05, 0) is 56.7 Å². The molecule has 2 bridgehead atoms. The van der Waals surface area contributed by atoms with Gasteiger partial charge < -0.3 is 10.1 Å². The SMILES string of the molecule is COc1c(C)cc(C)cc1S(=O)(=O)N(C)C1CC2CCC(C1)N2.Cl. The lowest BCUT2D eigenvalue weighted by atomic mass is 10.0. The van der Waals surface area contributed by atoms with Crippen molar-refractivity contribution in [3.8, 4) is 5.75 Å². The second-order valence-corrected chi connectivity index (χ2v) is 8.86. The quantitative estimate of drug-likeness (QED) is 0.880. The van der Waals surface area contributed by atoms with Crippen LogP contribution in [0.1, 0.15) is 36.8 Å². The summed E-state index contributed by atoms with van der Waals surface area (Å²) in [6.45, 7) is 3.80. The van der Waals surface area contributed by atoms with E-state index in [1.54, 1.807) is 17.4 Å². The van der Waals surface area contributed by atoms with Gasteiger partial charge in [-0.1, -0.05) is 6.07 Å². The fourth-order valence-corrected chi connectivity index (χ4v) is 5.73. The predicted octanol–water partition coefficient (Wildman–Crippen LogP) is 2.64. The molecule has 2 aliphatic heterocycles. The van der Waals surface area contributed by atoms with Crippen molar-refractivity contribution in [1.82, 2.24) is 9.62 Å². The van der Waals surface area contributed by atoms with Crippen LogP contribution in [0, 0.1) is 13.8 Å². The minimum Gasteiger partial charge on any atom is -0.495 e. The molecular weight excluding hydrogens is 348 g/mol. The average molecular weight is 375 g/mol. The maximum Gasteiger partial charge on any atom is 0.246 e. The highest BCUT2D eigenvalue weighted by molar-refractivity contribution is 7.89. The van der Waals surface area contributed by atoms with E-state index >= 15 is 0 Å². The van der Waals surface area contributed by atoms with Crippen LogP contribution in [-0.4, -0.2) is 45.0 Å². The summed E-state index contributed by atoms with van der Waals surface area (Å²) in [5, 5.41) is 3.56. The molecule has 2 heterocycles. The molecule has 0 aromatic heterocycles. The van der Waals surface area contributed by atoms with E-state index in [-0.39, 0.29) is 23.3 Å². The molecule has 0 spiro atoms. The standard InChI is InChI=1S/C17H26N2O3S.ClH/c1-11-7-12(2)17(22-4)16(8-11)23(20,21)19(3)15-9-13-5-6-14(10-15)18-13;/h7-8,13-15,18H,5-6,9-10H2,1-4H3;1H. The number of sulfonamides is 1. The Kier molecular flexibility index (Phi) is 5.85. The normalized spacial score (nSPS) is 26.3. The van der Waals surface area contributed by atoms with Gasteiger partial charge in [0.05, 0.1) is 7.11 Å². The number of piperidine rings is 1. The van der Waals surface area contributed by atoms with Crippen LogP contribution in [0.25, 0.3) is 0 Å². The Labute approximate surface area is 151 Å². The van der Waals surface area contributed by atoms with Crippen LogP contribution in [0.2, 0.25) is 0 Å². The number of hydrogen-bond acceptors (Lipinski definition) is 4.